The van der Waals surface area contributed by atoms with Crippen LogP contribution in [0.15, 0.2) is 24.3 Å². The smallest absolute Gasteiger partial charge is 0.261 e. The van der Waals surface area contributed by atoms with Crippen molar-refractivity contribution in [2.75, 3.05) is 0 Å². The average molecular weight is 312 g/mol. The molecule has 0 aliphatic heterocycles. The summed E-state index contributed by atoms with van der Waals surface area (Å²) in [5.41, 5.74) is -0.121. The Kier molecular flexibility index (Phi) is 5.68. The number of ether oxygens (including phenoxy) is 1. The summed E-state index contributed by atoms with van der Waals surface area (Å²) in [5, 5.41) is 3.70. The first-order valence-corrected chi connectivity index (χ1v) is 7.61. The van der Waals surface area contributed by atoms with Crippen LogP contribution < -0.4 is 10.1 Å². The molecule has 1 amide bonds. The van der Waals surface area contributed by atoms with E-state index < -0.39 is 6.10 Å². The van der Waals surface area contributed by atoms with E-state index >= 15 is 0 Å². The van der Waals surface area contributed by atoms with Crippen molar-refractivity contribution in [1.82, 2.24) is 5.32 Å². The number of halogens is 1. The quantitative estimate of drug-likeness (QED) is 0.873. The van der Waals surface area contributed by atoms with Crippen molar-refractivity contribution in [3.8, 4) is 5.75 Å². The molecule has 4 heteroatoms. The van der Waals surface area contributed by atoms with Gasteiger partial charge in [0.05, 0.1) is 0 Å². The standard InChI is InChI=1S/C17H26ClNO2/c1-12(21-14-9-7-13(18)8-10-14)15(20)19-17(5,6)11-16(2,3)4/h7-10,12H,11H2,1-6H3,(H,19,20)/t12-/m1/s1. The van der Waals surface area contributed by atoms with Gasteiger partial charge in [-0.15, -0.1) is 0 Å². The molecule has 0 radical (unpaired) electrons. The summed E-state index contributed by atoms with van der Waals surface area (Å²) in [6.45, 7) is 12.3. The molecule has 1 N–H and O–H groups in total. The van der Waals surface area contributed by atoms with Crippen molar-refractivity contribution in [3.05, 3.63) is 29.3 Å². The second kappa shape index (κ2) is 6.69. The molecule has 0 fully saturated rings. The van der Waals surface area contributed by atoms with Crippen LogP contribution >= 0.6 is 11.6 Å². The molecule has 0 aromatic heterocycles. The fraction of sp³-hybridized carbons (Fsp3) is 0.588. The van der Waals surface area contributed by atoms with Crippen LogP contribution in [0.1, 0.15) is 48.0 Å². The lowest BCUT2D eigenvalue weighted by atomic mass is 9.81. The van der Waals surface area contributed by atoms with Crippen molar-refractivity contribution in [2.24, 2.45) is 5.41 Å². The van der Waals surface area contributed by atoms with E-state index in [1.54, 1.807) is 31.2 Å². The molecule has 118 valence electrons. The van der Waals surface area contributed by atoms with Crippen LogP contribution in [0, 0.1) is 5.41 Å². The Bertz CT molecular complexity index is 475. The Balaban J connectivity index is 2.60. The number of amides is 1. The highest BCUT2D eigenvalue weighted by molar-refractivity contribution is 6.30. The summed E-state index contributed by atoms with van der Waals surface area (Å²) < 4.78 is 5.64. The number of nitrogens with one attached hydrogen (secondary N) is 1. The summed E-state index contributed by atoms with van der Waals surface area (Å²) in [4.78, 5) is 12.3. The third kappa shape index (κ3) is 6.85. The maximum absolute atomic E-state index is 12.3. The van der Waals surface area contributed by atoms with Gasteiger partial charge < -0.3 is 10.1 Å². The lowest BCUT2D eigenvalue weighted by Crippen LogP contribution is -2.50. The molecule has 0 aliphatic rings. The second-order valence-electron chi connectivity index (χ2n) is 7.32. The Hall–Kier alpha value is -1.22. The molecule has 1 aromatic rings. The predicted octanol–water partition coefficient (Wildman–Crippen LogP) is 4.44. The summed E-state index contributed by atoms with van der Waals surface area (Å²) in [5.74, 6) is 0.523. The number of hydrogen-bond donors (Lipinski definition) is 1. The predicted molar refractivity (Wildman–Crippen MR) is 87.8 cm³/mol. The average Bonchev–Trinajstić information content (AvgIpc) is 2.28. The van der Waals surface area contributed by atoms with E-state index in [4.69, 9.17) is 16.3 Å². The van der Waals surface area contributed by atoms with Crippen molar-refractivity contribution >= 4 is 17.5 Å². The minimum atomic E-state index is -0.551. The Morgan fingerprint density at radius 2 is 1.71 bits per heavy atom. The zero-order chi connectivity index (χ0) is 16.3. The zero-order valence-electron chi connectivity index (χ0n) is 13.8. The van der Waals surface area contributed by atoms with Gasteiger partial charge in [0.2, 0.25) is 0 Å². The fourth-order valence-electron chi connectivity index (χ4n) is 2.58. The van der Waals surface area contributed by atoms with E-state index in [1.165, 1.54) is 0 Å². The van der Waals surface area contributed by atoms with Crippen LogP contribution in [0.25, 0.3) is 0 Å². The van der Waals surface area contributed by atoms with Crippen molar-refractivity contribution in [1.29, 1.82) is 0 Å². The maximum atomic E-state index is 12.3. The number of carbonyl (C=O) groups is 1. The van der Waals surface area contributed by atoms with Crippen LogP contribution in [0.2, 0.25) is 5.02 Å². The summed E-state index contributed by atoms with van der Waals surface area (Å²) in [6, 6.07) is 6.99. The van der Waals surface area contributed by atoms with Crippen molar-refractivity contribution in [3.63, 3.8) is 0 Å². The van der Waals surface area contributed by atoms with Crippen LogP contribution in [0.3, 0.4) is 0 Å². The van der Waals surface area contributed by atoms with E-state index in [1.807, 2.05) is 13.8 Å². The monoisotopic (exact) mass is 311 g/mol. The Labute approximate surface area is 133 Å². The second-order valence-corrected chi connectivity index (χ2v) is 7.76. The number of hydrogen-bond acceptors (Lipinski definition) is 2. The summed E-state index contributed by atoms with van der Waals surface area (Å²) >= 11 is 5.82. The molecular formula is C17H26ClNO2. The molecule has 3 nitrogen and oxygen atoms in total. The molecule has 0 aliphatic carbocycles. The first-order valence-electron chi connectivity index (χ1n) is 7.23. The molecule has 1 aromatic carbocycles. The van der Waals surface area contributed by atoms with Gasteiger partial charge in [-0.25, -0.2) is 0 Å². The molecule has 0 saturated carbocycles. The van der Waals surface area contributed by atoms with Crippen LogP contribution in [-0.2, 0) is 4.79 Å². The first kappa shape index (κ1) is 17.8. The normalized spacial score (nSPS) is 13.7. The molecule has 0 bridgehead atoms. The molecule has 1 rings (SSSR count). The van der Waals surface area contributed by atoms with Gasteiger partial charge in [-0.2, -0.15) is 0 Å². The van der Waals surface area contributed by atoms with Crippen LogP contribution in [-0.4, -0.2) is 17.6 Å². The highest BCUT2D eigenvalue weighted by Gasteiger charge is 2.29. The van der Waals surface area contributed by atoms with Gasteiger partial charge in [0.1, 0.15) is 5.75 Å². The van der Waals surface area contributed by atoms with E-state index in [0.29, 0.717) is 10.8 Å². The van der Waals surface area contributed by atoms with E-state index in [0.717, 1.165) is 6.42 Å². The number of rotatable bonds is 5. The van der Waals surface area contributed by atoms with Gasteiger partial charge in [0.15, 0.2) is 6.10 Å². The topological polar surface area (TPSA) is 38.3 Å². The highest BCUT2D eigenvalue weighted by atomic mass is 35.5. The molecule has 0 unspecified atom stereocenters. The van der Waals surface area contributed by atoms with Gasteiger partial charge in [0.25, 0.3) is 5.91 Å². The Morgan fingerprint density at radius 3 is 2.19 bits per heavy atom. The maximum Gasteiger partial charge on any atom is 0.261 e. The lowest BCUT2D eigenvalue weighted by Gasteiger charge is -2.34. The molecule has 0 heterocycles. The van der Waals surface area contributed by atoms with Gasteiger partial charge in [-0.1, -0.05) is 32.4 Å². The summed E-state index contributed by atoms with van der Waals surface area (Å²) in [6.07, 6.45) is 0.338. The largest absolute Gasteiger partial charge is 0.481 e. The van der Waals surface area contributed by atoms with Crippen LogP contribution in [0.4, 0.5) is 0 Å². The summed E-state index contributed by atoms with van der Waals surface area (Å²) in [7, 11) is 0. The Morgan fingerprint density at radius 1 is 1.19 bits per heavy atom. The first-order chi connectivity index (χ1) is 9.48. The minimum Gasteiger partial charge on any atom is -0.481 e. The molecule has 21 heavy (non-hydrogen) atoms. The third-order valence-electron chi connectivity index (χ3n) is 2.93. The fourth-order valence-corrected chi connectivity index (χ4v) is 2.70. The van der Waals surface area contributed by atoms with Gasteiger partial charge in [-0.3, -0.25) is 4.79 Å². The van der Waals surface area contributed by atoms with Crippen molar-refractivity contribution < 1.29 is 9.53 Å². The van der Waals surface area contributed by atoms with E-state index in [-0.39, 0.29) is 16.9 Å². The van der Waals surface area contributed by atoms with Gasteiger partial charge in [0, 0.05) is 10.6 Å². The number of carbonyl (C=O) groups excluding carboxylic acids is 1. The third-order valence-corrected chi connectivity index (χ3v) is 3.18. The minimum absolute atomic E-state index is 0.112. The molecule has 1 atom stereocenters. The zero-order valence-corrected chi connectivity index (χ0v) is 14.5. The van der Waals surface area contributed by atoms with E-state index in [2.05, 4.69) is 26.1 Å². The van der Waals surface area contributed by atoms with Gasteiger partial charge >= 0.3 is 0 Å². The van der Waals surface area contributed by atoms with E-state index in [9.17, 15) is 4.79 Å². The molecular weight excluding hydrogens is 286 g/mol. The van der Waals surface area contributed by atoms with Crippen LogP contribution in [0.5, 0.6) is 5.75 Å². The lowest BCUT2D eigenvalue weighted by molar-refractivity contribution is -0.129. The van der Waals surface area contributed by atoms with Gasteiger partial charge in [-0.05, 0) is 56.9 Å². The number of benzene rings is 1. The highest BCUT2D eigenvalue weighted by Crippen LogP contribution is 2.27. The van der Waals surface area contributed by atoms with Crippen molar-refractivity contribution in [2.45, 2.75) is 59.6 Å². The molecule has 0 saturated heterocycles. The molecule has 0 spiro atoms. The SMILES string of the molecule is C[C@@H](Oc1ccc(Cl)cc1)C(=O)NC(C)(C)CC(C)(C)C.